The van der Waals surface area contributed by atoms with E-state index >= 15 is 0 Å². The second-order valence-corrected chi connectivity index (χ2v) is 7.83. The highest BCUT2D eigenvalue weighted by molar-refractivity contribution is 6.02. The van der Waals surface area contributed by atoms with Gasteiger partial charge >= 0.3 is 0 Å². The molecule has 1 aromatic heterocycles. The highest BCUT2D eigenvalue weighted by atomic mass is 16.5. The number of aromatic amines is 1. The predicted octanol–water partition coefficient (Wildman–Crippen LogP) is 2.92. The van der Waals surface area contributed by atoms with Crippen molar-refractivity contribution in [1.29, 1.82) is 5.41 Å². The van der Waals surface area contributed by atoms with Crippen LogP contribution in [0.25, 0.3) is 10.9 Å². The van der Waals surface area contributed by atoms with Gasteiger partial charge in [-0.15, -0.1) is 0 Å². The molecule has 0 unspecified atom stereocenters. The number of carbonyl (C=O) groups excluding carboxylic acids is 2. The van der Waals surface area contributed by atoms with Crippen LogP contribution in [0.15, 0.2) is 54.4 Å². The number of carbonyl (C=O) groups is 2. The van der Waals surface area contributed by atoms with Crippen molar-refractivity contribution in [1.82, 2.24) is 20.9 Å². The number of benzene rings is 2. The van der Waals surface area contributed by atoms with Gasteiger partial charge in [0.2, 0.25) is 0 Å². The van der Waals surface area contributed by atoms with Crippen LogP contribution >= 0.6 is 0 Å². The highest BCUT2D eigenvalue weighted by Gasteiger charge is 2.32. The first kappa shape index (κ1) is 22.1. The lowest BCUT2D eigenvalue weighted by molar-refractivity contribution is 0.0954. The fourth-order valence-corrected chi connectivity index (χ4v) is 4.23. The third-order valence-corrected chi connectivity index (χ3v) is 5.84. The molecule has 3 aromatic rings. The molecule has 0 spiro atoms. The summed E-state index contributed by atoms with van der Waals surface area (Å²) < 4.78 is 5.99. The van der Waals surface area contributed by atoms with E-state index in [0.717, 1.165) is 27.6 Å². The van der Waals surface area contributed by atoms with Gasteiger partial charge < -0.3 is 31.1 Å². The lowest BCUT2D eigenvalue weighted by Crippen LogP contribution is -2.26. The summed E-state index contributed by atoms with van der Waals surface area (Å²) in [6, 6.07) is 11.5. The molecule has 170 valence electrons. The third kappa shape index (κ3) is 4.32. The molecule has 0 aliphatic carbocycles. The third-order valence-electron chi connectivity index (χ3n) is 5.84. The maximum Gasteiger partial charge on any atom is 0.254 e. The smallest absolute Gasteiger partial charge is 0.254 e. The van der Waals surface area contributed by atoms with Crippen molar-refractivity contribution in [3.8, 4) is 5.75 Å². The first-order valence-electron chi connectivity index (χ1n) is 10.8. The average molecular weight is 446 g/mol. The van der Waals surface area contributed by atoms with E-state index in [-0.39, 0.29) is 17.7 Å². The Morgan fingerprint density at radius 3 is 2.79 bits per heavy atom. The van der Waals surface area contributed by atoms with Gasteiger partial charge in [0, 0.05) is 67.2 Å². The minimum Gasteiger partial charge on any atom is -0.491 e. The zero-order valence-corrected chi connectivity index (χ0v) is 18.6. The molecule has 1 atom stereocenters. The number of aromatic nitrogens is 1. The average Bonchev–Trinajstić information content (AvgIpc) is 3.49. The highest BCUT2D eigenvalue weighted by Crippen LogP contribution is 2.43. The zero-order valence-electron chi connectivity index (χ0n) is 18.6. The van der Waals surface area contributed by atoms with Crippen LogP contribution in [0, 0.1) is 5.41 Å². The predicted molar refractivity (Wildman–Crippen MR) is 128 cm³/mol. The van der Waals surface area contributed by atoms with E-state index < -0.39 is 0 Å². The van der Waals surface area contributed by atoms with Crippen molar-refractivity contribution in [2.45, 2.75) is 12.3 Å². The van der Waals surface area contributed by atoms with E-state index in [2.05, 4.69) is 27.0 Å². The molecule has 0 fully saturated rings. The Labute approximate surface area is 191 Å². The van der Waals surface area contributed by atoms with Crippen LogP contribution in [0.4, 0.5) is 0 Å². The number of hydrogen-bond acceptors (Lipinski definition) is 5. The molecular formula is C25H27N5O3. The van der Waals surface area contributed by atoms with E-state index in [0.29, 0.717) is 36.4 Å². The minimum atomic E-state index is -0.301. The summed E-state index contributed by atoms with van der Waals surface area (Å²) in [5.74, 6) is -0.156. The molecule has 2 amide bonds. The van der Waals surface area contributed by atoms with Gasteiger partial charge in [0.1, 0.15) is 5.75 Å². The number of hydrogen-bond donors (Lipinski definition) is 5. The van der Waals surface area contributed by atoms with E-state index in [1.807, 2.05) is 30.5 Å². The second kappa shape index (κ2) is 9.60. The van der Waals surface area contributed by atoms with Gasteiger partial charge in [0.15, 0.2) is 0 Å². The van der Waals surface area contributed by atoms with E-state index in [1.165, 1.54) is 6.21 Å². The molecule has 5 N–H and O–H groups in total. The summed E-state index contributed by atoms with van der Waals surface area (Å²) in [6.07, 6.45) is 5.40. The molecule has 2 heterocycles. The first-order chi connectivity index (χ1) is 16.1. The van der Waals surface area contributed by atoms with Gasteiger partial charge in [-0.05, 0) is 41.8 Å². The summed E-state index contributed by atoms with van der Waals surface area (Å²) in [4.78, 5) is 28.8. The molecule has 0 bridgehead atoms. The zero-order chi connectivity index (χ0) is 23.4. The van der Waals surface area contributed by atoms with E-state index in [9.17, 15) is 9.59 Å². The van der Waals surface area contributed by atoms with Gasteiger partial charge in [-0.3, -0.25) is 9.59 Å². The molecule has 33 heavy (non-hydrogen) atoms. The van der Waals surface area contributed by atoms with Crippen LogP contribution in [-0.2, 0) is 0 Å². The molecular weight excluding hydrogens is 418 g/mol. The van der Waals surface area contributed by atoms with Crippen molar-refractivity contribution in [2.24, 2.45) is 0 Å². The van der Waals surface area contributed by atoms with Crippen LogP contribution in [0.3, 0.4) is 0 Å². The van der Waals surface area contributed by atoms with Gasteiger partial charge in [0.05, 0.1) is 12.2 Å². The molecule has 0 saturated heterocycles. The summed E-state index contributed by atoms with van der Waals surface area (Å²) >= 11 is 0. The Hall–Kier alpha value is -4.07. The Balaban J connectivity index is 1.68. The SMILES string of the molecule is CN/C=C(\C=N)CCNC(=O)c1cc(C(=O)NC)c2c(c1)[C@@H](c1cccc3[nH]ccc13)CO2. The van der Waals surface area contributed by atoms with Crippen molar-refractivity contribution < 1.29 is 14.3 Å². The minimum absolute atomic E-state index is 0.0984. The summed E-state index contributed by atoms with van der Waals surface area (Å²) in [7, 11) is 3.32. The lowest BCUT2D eigenvalue weighted by atomic mass is 9.88. The quantitative estimate of drug-likeness (QED) is 0.343. The molecule has 0 radical (unpaired) electrons. The number of nitrogens with one attached hydrogen (secondary N) is 5. The topological polar surface area (TPSA) is 119 Å². The Bertz CT molecular complexity index is 1240. The number of ether oxygens (including phenoxy) is 1. The van der Waals surface area contributed by atoms with Gasteiger partial charge in [-0.1, -0.05) is 12.1 Å². The van der Waals surface area contributed by atoms with Crippen LogP contribution in [0.2, 0.25) is 0 Å². The number of H-pyrrole nitrogens is 1. The maximum atomic E-state index is 13.0. The molecule has 1 aliphatic rings. The number of amides is 2. The largest absolute Gasteiger partial charge is 0.491 e. The van der Waals surface area contributed by atoms with Gasteiger partial charge in [0.25, 0.3) is 11.8 Å². The van der Waals surface area contributed by atoms with Crippen molar-refractivity contribution in [3.63, 3.8) is 0 Å². The molecule has 8 nitrogen and oxygen atoms in total. The van der Waals surface area contributed by atoms with Crippen molar-refractivity contribution in [2.75, 3.05) is 27.2 Å². The molecule has 4 rings (SSSR count). The summed E-state index contributed by atoms with van der Waals surface area (Å²) in [5, 5.41) is 16.9. The second-order valence-electron chi connectivity index (χ2n) is 7.83. The van der Waals surface area contributed by atoms with E-state index in [4.69, 9.17) is 10.1 Å². The van der Waals surface area contributed by atoms with Crippen LogP contribution in [-0.4, -0.2) is 50.3 Å². The molecule has 2 aromatic carbocycles. The first-order valence-corrected chi connectivity index (χ1v) is 10.8. The van der Waals surface area contributed by atoms with Gasteiger partial charge in [-0.25, -0.2) is 0 Å². The van der Waals surface area contributed by atoms with Crippen LogP contribution in [0.1, 0.15) is 44.2 Å². The van der Waals surface area contributed by atoms with Crippen LogP contribution < -0.4 is 20.7 Å². The van der Waals surface area contributed by atoms with Crippen molar-refractivity contribution in [3.05, 3.63) is 76.6 Å². The molecule has 0 saturated carbocycles. The standard InChI is InChI=1S/C25H27N5O3/c1-27-13-15(12-26)6-8-30-24(31)16-10-19-21(14-33-23(19)20(11-16)25(32)28-2)17-4-3-5-22-18(17)7-9-29-22/h3-5,7,9-13,21,26-27,29H,6,8,14H2,1-2H3,(H,28,32)(H,30,31)/b15-13-,26-12?/t21-/m1/s1. The lowest BCUT2D eigenvalue weighted by Gasteiger charge is -2.14. The molecule has 1 aliphatic heterocycles. The Morgan fingerprint density at radius 2 is 2.03 bits per heavy atom. The molecule has 8 heteroatoms. The van der Waals surface area contributed by atoms with Crippen molar-refractivity contribution >= 4 is 28.9 Å². The fraction of sp³-hybridized carbons (Fsp3) is 0.240. The fourth-order valence-electron chi connectivity index (χ4n) is 4.23. The Morgan fingerprint density at radius 1 is 1.18 bits per heavy atom. The monoisotopic (exact) mass is 445 g/mol. The Kier molecular flexibility index (Phi) is 6.44. The maximum absolute atomic E-state index is 13.0. The number of rotatable bonds is 8. The normalized spacial score (nSPS) is 15.0. The summed E-state index contributed by atoms with van der Waals surface area (Å²) in [6.45, 7) is 0.767. The number of fused-ring (bicyclic) bond motifs is 2. The van der Waals surface area contributed by atoms with E-state index in [1.54, 1.807) is 26.4 Å². The van der Waals surface area contributed by atoms with Crippen LogP contribution in [0.5, 0.6) is 5.75 Å². The van der Waals surface area contributed by atoms with Gasteiger partial charge in [-0.2, -0.15) is 0 Å². The summed E-state index contributed by atoms with van der Waals surface area (Å²) in [5.41, 5.74) is 4.45.